The smallest absolute Gasteiger partial charge is 0.178 e. The molecule has 0 saturated carbocycles. The highest BCUT2D eigenvalue weighted by molar-refractivity contribution is 9.09. The molecule has 1 atom stereocenters. The molecule has 0 fully saturated rings. The average Bonchev–Trinajstić information content (AvgIpc) is 3.45. The van der Waals surface area contributed by atoms with Crippen LogP contribution in [0.2, 0.25) is 0 Å². The van der Waals surface area contributed by atoms with E-state index in [0.29, 0.717) is 28.6 Å². The molecule has 2 aliphatic heterocycles. The molecule has 0 aromatic heterocycles. The number of ether oxygens (including phenoxy) is 1. The molecule has 0 spiro atoms. The van der Waals surface area contributed by atoms with Crippen LogP contribution in [0.1, 0.15) is 52.1 Å². The van der Waals surface area contributed by atoms with Crippen molar-refractivity contribution in [1.82, 2.24) is 4.90 Å². The van der Waals surface area contributed by atoms with Gasteiger partial charge in [0.15, 0.2) is 19.7 Å². The number of sulfone groups is 2. The molecule has 0 radical (unpaired) electrons. The van der Waals surface area contributed by atoms with Gasteiger partial charge in [-0.3, -0.25) is 0 Å². The minimum atomic E-state index is -3.03. The summed E-state index contributed by atoms with van der Waals surface area (Å²) in [7, 11) is -2.03. The Morgan fingerprint density at radius 1 is 0.860 bits per heavy atom. The molecule has 10 heteroatoms. The summed E-state index contributed by atoms with van der Waals surface area (Å²) >= 11 is 3.37. The van der Waals surface area contributed by atoms with Gasteiger partial charge in [0.1, 0.15) is 5.75 Å². The summed E-state index contributed by atoms with van der Waals surface area (Å²) in [5.74, 6) is 2.11. The second-order valence-corrected chi connectivity index (χ2v) is 16.5. The topological polar surface area (TPSA) is 80.8 Å². The van der Waals surface area contributed by atoms with E-state index in [4.69, 9.17) is 4.74 Å². The minimum Gasteiger partial charge on any atom is -0.496 e. The van der Waals surface area contributed by atoms with Crippen molar-refractivity contribution in [2.24, 2.45) is 0 Å². The van der Waals surface area contributed by atoms with Crippen molar-refractivity contribution in [3.05, 3.63) is 88.0 Å². The predicted molar refractivity (Wildman–Crippen MR) is 179 cm³/mol. The first-order valence-electron chi connectivity index (χ1n) is 14.7. The lowest BCUT2D eigenvalue weighted by molar-refractivity contribution is 0.299. The van der Waals surface area contributed by atoms with Crippen molar-refractivity contribution in [1.29, 1.82) is 0 Å². The van der Waals surface area contributed by atoms with E-state index in [1.165, 1.54) is 35.1 Å². The summed E-state index contributed by atoms with van der Waals surface area (Å²) in [6.45, 7) is 2.01. The van der Waals surface area contributed by atoms with Crippen LogP contribution in [0.15, 0.2) is 64.4 Å². The van der Waals surface area contributed by atoms with Crippen LogP contribution < -0.4 is 4.74 Å². The van der Waals surface area contributed by atoms with Gasteiger partial charge in [-0.2, -0.15) is 0 Å². The van der Waals surface area contributed by atoms with Crippen LogP contribution in [-0.2, 0) is 51.8 Å². The van der Waals surface area contributed by atoms with E-state index < -0.39 is 19.7 Å². The predicted octanol–water partition coefficient (Wildman–Crippen LogP) is 6.00. The van der Waals surface area contributed by atoms with Crippen LogP contribution >= 0.6 is 28.3 Å². The molecule has 0 amide bonds. The number of fused-ring (bicyclic) bond motifs is 3. The third-order valence-electron chi connectivity index (χ3n) is 8.71. The number of benzene rings is 3. The number of halogens is 2. The third-order valence-corrected chi connectivity index (χ3v) is 12.7. The van der Waals surface area contributed by atoms with Gasteiger partial charge in [-0.1, -0.05) is 52.3 Å². The summed E-state index contributed by atoms with van der Waals surface area (Å²) in [5, 5.41) is 0.915. The maximum atomic E-state index is 12.0. The van der Waals surface area contributed by atoms with Gasteiger partial charge in [0.2, 0.25) is 0 Å². The summed E-state index contributed by atoms with van der Waals surface area (Å²) in [4.78, 5) is 3.48. The SMILES string of the molecule is COc1cccc2c1CCC[C@H]2CN(C)CCc1ccc2c(c1)CCS2(=O)=O.Cl.O=S1(=O)CCc2cc(CCBr)ccc21. The lowest BCUT2D eigenvalue weighted by atomic mass is 9.82. The highest BCUT2D eigenvalue weighted by Gasteiger charge is 2.27. The molecule has 6 rings (SSSR count). The molecule has 2 heterocycles. The number of methoxy groups -OCH3 is 1. The molecular weight excluding hydrogens is 670 g/mol. The Morgan fingerprint density at radius 2 is 1.47 bits per heavy atom. The van der Waals surface area contributed by atoms with E-state index in [1.54, 1.807) is 19.2 Å². The van der Waals surface area contributed by atoms with Gasteiger partial charge in [-0.05, 0) is 109 Å². The van der Waals surface area contributed by atoms with Gasteiger partial charge in [-0.15, -0.1) is 12.4 Å². The van der Waals surface area contributed by atoms with E-state index >= 15 is 0 Å². The first-order valence-corrected chi connectivity index (χ1v) is 19.1. The van der Waals surface area contributed by atoms with Crippen LogP contribution in [0.3, 0.4) is 0 Å². The van der Waals surface area contributed by atoms with E-state index in [1.807, 2.05) is 18.2 Å². The second-order valence-electron chi connectivity index (χ2n) is 11.6. The number of rotatable bonds is 8. The number of hydrogen-bond donors (Lipinski definition) is 0. The van der Waals surface area contributed by atoms with Crippen LogP contribution in [-0.4, -0.2) is 65.8 Å². The standard InChI is InChI=1S/C23H29NO3S.C10H11BrO2S.ClH/c1-24(13-11-17-9-10-23-18(15-17)12-14-28(23,25)26)16-19-5-3-7-21-20(19)6-4-8-22(21)27-2;11-5-3-8-1-2-10-9(7-8)4-6-14(10,12)13;/h4,6,8-10,15,19H,3,5,7,11-14,16H2,1-2H3;1-2,7H,3-6H2;1H/t19-;;/m0../s1. The van der Waals surface area contributed by atoms with Crippen LogP contribution in [0.4, 0.5) is 0 Å². The molecule has 234 valence electrons. The largest absolute Gasteiger partial charge is 0.496 e. The van der Waals surface area contributed by atoms with Gasteiger partial charge < -0.3 is 9.64 Å². The first kappa shape index (κ1) is 34.0. The molecule has 0 bridgehead atoms. The van der Waals surface area contributed by atoms with Gasteiger partial charge in [0, 0.05) is 18.4 Å². The number of aryl methyl sites for hydroxylation is 3. The molecule has 43 heavy (non-hydrogen) atoms. The van der Waals surface area contributed by atoms with Crippen molar-refractivity contribution in [3.8, 4) is 5.75 Å². The molecular formula is C33H41BrClNO5S2. The molecule has 0 saturated heterocycles. The molecule has 1 aliphatic carbocycles. The number of nitrogens with zero attached hydrogens (tertiary/aromatic N) is 1. The van der Waals surface area contributed by atoms with Crippen LogP contribution in [0, 0.1) is 0 Å². The Kier molecular flexibility index (Phi) is 11.4. The zero-order chi connectivity index (χ0) is 29.9. The Morgan fingerprint density at radius 3 is 2.05 bits per heavy atom. The minimum absolute atomic E-state index is 0. The quantitative estimate of drug-likeness (QED) is 0.267. The zero-order valence-electron chi connectivity index (χ0n) is 24.8. The lowest BCUT2D eigenvalue weighted by Crippen LogP contribution is -2.28. The average molecular weight is 711 g/mol. The molecule has 6 nitrogen and oxygen atoms in total. The fourth-order valence-corrected chi connectivity index (χ4v) is 10.0. The molecule has 0 unspecified atom stereocenters. The van der Waals surface area contributed by atoms with Gasteiger partial charge in [0.05, 0.1) is 28.4 Å². The van der Waals surface area contributed by atoms with Gasteiger partial charge in [0.25, 0.3) is 0 Å². The van der Waals surface area contributed by atoms with Crippen molar-refractivity contribution >= 4 is 48.0 Å². The van der Waals surface area contributed by atoms with Crippen molar-refractivity contribution < 1.29 is 21.6 Å². The van der Waals surface area contributed by atoms with E-state index in [-0.39, 0.29) is 23.9 Å². The van der Waals surface area contributed by atoms with E-state index in [0.717, 1.165) is 54.6 Å². The lowest BCUT2D eigenvalue weighted by Gasteiger charge is -2.30. The third kappa shape index (κ3) is 7.85. The Bertz CT molecular complexity index is 1660. The second kappa shape index (κ2) is 14.5. The van der Waals surface area contributed by atoms with Gasteiger partial charge in [-0.25, -0.2) is 16.8 Å². The highest BCUT2D eigenvalue weighted by atomic mass is 79.9. The summed E-state index contributed by atoms with van der Waals surface area (Å²) in [6, 6.07) is 18.0. The zero-order valence-corrected chi connectivity index (χ0v) is 28.9. The molecule has 0 N–H and O–H groups in total. The summed E-state index contributed by atoms with van der Waals surface area (Å²) in [5.41, 5.74) is 7.25. The Balaban J connectivity index is 0.000000238. The van der Waals surface area contributed by atoms with Crippen molar-refractivity contribution in [2.45, 2.75) is 60.7 Å². The van der Waals surface area contributed by atoms with Crippen molar-refractivity contribution in [2.75, 3.05) is 44.1 Å². The molecule has 3 aromatic carbocycles. The fourth-order valence-electron chi connectivity index (χ4n) is 6.47. The first-order chi connectivity index (χ1) is 20.1. The van der Waals surface area contributed by atoms with Crippen LogP contribution in [0.25, 0.3) is 0 Å². The summed E-state index contributed by atoms with van der Waals surface area (Å²) < 4.78 is 52.6. The fraction of sp³-hybridized carbons (Fsp3) is 0.455. The maximum Gasteiger partial charge on any atom is 0.178 e. The van der Waals surface area contributed by atoms with Crippen molar-refractivity contribution in [3.63, 3.8) is 0 Å². The summed E-state index contributed by atoms with van der Waals surface area (Å²) in [6.07, 6.45) is 6.77. The number of likely N-dealkylation sites (N-methyl/N-ethyl adjacent to an activating group) is 1. The number of hydrogen-bond acceptors (Lipinski definition) is 6. The molecule has 3 aliphatic rings. The Hall–Kier alpha value is -1.91. The Labute approximate surface area is 271 Å². The van der Waals surface area contributed by atoms with E-state index in [9.17, 15) is 16.8 Å². The van der Waals surface area contributed by atoms with Gasteiger partial charge >= 0.3 is 0 Å². The molecule has 3 aromatic rings. The monoisotopic (exact) mass is 709 g/mol. The maximum absolute atomic E-state index is 12.0. The number of alkyl halides is 1. The highest BCUT2D eigenvalue weighted by Crippen LogP contribution is 2.37. The normalized spacial score (nSPS) is 18.9. The van der Waals surface area contributed by atoms with E-state index in [2.05, 4.69) is 52.1 Å². The van der Waals surface area contributed by atoms with Crippen LogP contribution in [0.5, 0.6) is 5.75 Å².